The fourth-order valence-electron chi connectivity index (χ4n) is 1.65. The Morgan fingerprint density at radius 2 is 2.69 bits per heavy atom. The molecule has 4 heteroatoms. The molecule has 13 heavy (non-hydrogen) atoms. The molecule has 1 saturated heterocycles. The quantitative estimate of drug-likeness (QED) is 0.752. The first-order chi connectivity index (χ1) is 6.36. The van der Waals surface area contributed by atoms with Gasteiger partial charge < -0.3 is 10.2 Å². The normalized spacial score (nSPS) is 24.8. The number of piperazine rings is 1. The molecular formula is C9H15N3S. The third kappa shape index (κ3) is 2.27. The highest BCUT2D eigenvalue weighted by molar-refractivity contribution is 7.09. The molecule has 1 fully saturated rings. The van der Waals surface area contributed by atoms with Crippen LogP contribution in [-0.2, 0) is 6.42 Å². The summed E-state index contributed by atoms with van der Waals surface area (Å²) in [6.07, 6.45) is 2.97. The summed E-state index contributed by atoms with van der Waals surface area (Å²) in [5.74, 6) is 0. The second-order valence-corrected chi connectivity index (χ2v) is 4.45. The summed E-state index contributed by atoms with van der Waals surface area (Å²) in [5, 5.41) is 6.71. The van der Waals surface area contributed by atoms with Gasteiger partial charge in [0.15, 0.2) is 0 Å². The maximum absolute atomic E-state index is 4.31. The van der Waals surface area contributed by atoms with Crippen molar-refractivity contribution >= 4 is 11.3 Å². The van der Waals surface area contributed by atoms with Crippen molar-refractivity contribution in [2.24, 2.45) is 0 Å². The number of nitrogens with one attached hydrogen (secondary N) is 1. The van der Waals surface area contributed by atoms with Gasteiger partial charge in [-0.2, -0.15) is 0 Å². The van der Waals surface area contributed by atoms with E-state index in [0.717, 1.165) is 26.1 Å². The molecule has 72 valence electrons. The SMILES string of the molecule is CN1CCNCC1Cc1nccs1. The van der Waals surface area contributed by atoms with Crippen LogP contribution in [0.25, 0.3) is 0 Å². The fourth-order valence-corrected chi connectivity index (χ4v) is 2.33. The van der Waals surface area contributed by atoms with Crippen LogP contribution in [0.2, 0.25) is 0 Å². The predicted molar refractivity (Wildman–Crippen MR) is 55.1 cm³/mol. The largest absolute Gasteiger partial charge is 0.314 e. The first-order valence-electron chi connectivity index (χ1n) is 4.65. The third-order valence-corrected chi connectivity index (χ3v) is 3.34. The average molecular weight is 197 g/mol. The van der Waals surface area contributed by atoms with E-state index in [2.05, 4.69) is 22.2 Å². The van der Waals surface area contributed by atoms with Crippen molar-refractivity contribution in [1.29, 1.82) is 0 Å². The van der Waals surface area contributed by atoms with E-state index in [0.29, 0.717) is 6.04 Å². The lowest BCUT2D eigenvalue weighted by atomic mass is 10.1. The Morgan fingerprint density at radius 3 is 3.38 bits per heavy atom. The van der Waals surface area contributed by atoms with E-state index < -0.39 is 0 Å². The average Bonchev–Trinajstić information content (AvgIpc) is 2.61. The molecule has 0 bridgehead atoms. The van der Waals surface area contributed by atoms with Crippen LogP contribution < -0.4 is 5.32 Å². The molecule has 1 aromatic heterocycles. The minimum absolute atomic E-state index is 0.625. The number of nitrogens with zero attached hydrogens (tertiary/aromatic N) is 2. The Morgan fingerprint density at radius 1 is 1.77 bits per heavy atom. The number of hydrogen-bond acceptors (Lipinski definition) is 4. The van der Waals surface area contributed by atoms with E-state index in [1.165, 1.54) is 5.01 Å². The third-order valence-electron chi connectivity index (χ3n) is 2.54. The van der Waals surface area contributed by atoms with Gasteiger partial charge in [0.05, 0.1) is 5.01 Å². The Bertz CT molecular complexity index is 247. The molecule has 1 N–H and O–H groups in total. The van der Waals surface area contributed by atoms with Gasteiger partial charge in [0, 0.05) is 43.7 Å². The summed E-state index contributed by atoms with van der Waals surface area (Å²) in [7, 11) is 2.19. The number of thiazole rings is 1. The minimum Gasteiger partial charge on any atom is -0.314 e. The van der Waals surface area contributed by atoms with E-state index in [4.69, 9.17) is 0 Å². The maximum Gasteiger partial charge on any atom is 0.0940 e. The van der Waals surface area contributed by atoms with Crippen molar-refractivity contribution in [3.63, 3.8) is 0 Å². The molecule has 0 radical (unpaired) electrons. The maximum atomic E-state index is 4.31. The molecule has 0 amide bonds. The molecule has 0 spiro atoms. The lowest BCUT2D eigenvalue weighted by molar-refractivity contribution is 0.199. The first-order valence-corrected chi connectivity index (χ1v) is 5.53. The number of hydrogen-bond donors (Lipinski definition) is 1. The number of likely N-dealkylation sites (N-methyl/N-ethyl adjacent to an activating group) is 1. The molecule has 1 aromatic rings. The molecule has 1 unspecified atom stereocenters. The summed E-state index contributed by atoms with van der Waals surface area (Å²) in [4.78, 5) is 6.72. The van der Waals surface area contributed by atoms with E-state index in [-0.39, 0.29) is 0 Å². The first kappa shape index (κ1) is 9.12. The fraction of sp³-hybridized carbons (Fsp3) is 0.667. The van der Waals surface area contributed by atoms with Crippen LogP contribution in [0, 0.1) is 0 Å². The van der Waals surface area contributed by atoms with Crippen molar-refractivity contribution in [2.75, 3.05) is 26.7 Å². The van der Waals surface area contributed by atoms with E-state index in [1.807, 2.05) is 11.6 Å². The van der Waals surface area contributed by atoms with Gasteiger partial charge in [0.25, 0.3) is 0 Å². The topological polar surface area (TPSA) is 28.2 Å². The van der Waals surface area contributed by atoms with Gasteiger partial charge in [-0.3, -0.25) is 0 Å². The molecule has 1 aliphatic heterocycles. The highest BCUT2D eigenvalue weighted by Crippen LogP contribution is 2.11. The van der Waals surface area contributed by atoms with Gasteiger partial charge in [-0.05, 0) is 7.05 Å². The van der Waals surface area contributed by atoms with Crippen LogP contribution in [0.5, 0.6) is 0 Å². The molecule has 3 nitrogen and oxygen atoms in total. The van der Waals surface area contributed by atoms with Crippen molar-refractivity contribution in [2.45, 2.75) is 12.5 Å². The van der Waals surface area contributed by atoms with Crippen molar-refractivity contribution in [3.8, 4) is 0 Å². The standard InChI is InChI=1S/C9H15N3S/c1-12-4-2-10-7-8(12)6-9-11-3-5-13-9/h3,5,8,10H,2,4,6-7H2,1H3. The van der Waals surface area contributed by atoms with Gasteiger partial charge in [-0.25, -0.2) is 4.98 Å². The Balaban J connectivity index is 1.93. The zero-order valence-electron chi connectivity index (χ0n) is 7.86. The van der Waals surface area contributed by atoms with Gasteiger partial charge in [-0.1, -0.05) is 0 Å². The van der Waals surface area contributed by atoms with E-state index >= 15 is 0 Å². The van der Waals surface area contributed by atoms with Crippen LogP contribution >= 0.6 is 11.3 Å². The van der Waals surface area contributed by atoms with Crippen LogP contribution in [0.15, 0.2) is 11.6 Å². The lowest BCUT2D eigenvalue weighted by Gasteiger charge is -2.32. The molecule has 2 heterocycles. The molecule has 1 atom stereocenters. The van der Waals surface area contributed by atoms with Crippen LogP contribution in [0.3, 0.4) is 0 Å². The van der Waals surface area contributed by atoms with Crippen molar-refractivity contribution in [1.82, 2.24) is 15.2 Å². The van der Waals surface area contributed by atoms with Crippen LogP contribution in [0.4, 0.5) is 0 Å². The zero-order chi connectivity index (χ0) is 9.10. The molecule has 0 aromatic carbocycles. The number of rotatable bonds is 2. The Hall–Kier alpha value is -0.450. The van der Waals surface area contributed by atoms with Gasteiger partial charge in [0.1, 0.15) is 0 Å². The summed E-state index contributed by atoms with van der Waals surface area (Å²) in [6.45, 7) is 3.36. The second-order valence-electron chi connectivity index (χ2n) is 3.47. The van der Waals surface area contributed by atoms with E-state index in [9.17, 15) is 0 Å². The minimum atomic E-state index is 0.625. The van der Waals surface area contributed by atoms with Gasteiger partial charge in [0.2, 0.25) is 0 Å². The van der Waals surface area contributed by atoms with Crippen molar-refractivity contribution < 1.29 is 0 Å². The molecule has 0 aliphatic carbocycles. The predicted octanol–water partition coefficient (Wildman–Crippen LogP) is 0.589. The summed E-state index contributed by atoms with van der Waals surface area (Å²) < 4.78 is 0. The highest BCUT2D eigenvalue weighted by atomic mass is 32.1. The molecule has 0 saturated carbocycles. The van der Waals surface area contributed by atoms with Gasteiger partial charge >= 0.3 is 0 Å². The van der Waals surface area contributed by atoms with Crippen LogP contribution in [0.1, 0.15) is 5.01 Å². The molecular weight excluding hydrogens is 182 g/mol. The smallest absolute Gasteiger partial charge is 0.0940 e. The summed E-state index contributed by atoms with van der Waals surface area (Å²) >= 11 is 1.75. The second kappa shape index (κ2) is 4.17. The molecule has 1 aliphatic rings. The monoisotopic (exact) mass is 197 g/mol. The van der Waals surface area contributed by atoms with Gasteiger partial charge in [-0.15, -0.1) is 11.3 Å². The Kier molecular flexibility index (Phi) is 2.93. The summed E-state index contributed by atoms with van der Waals surface area (Å²) in [6, 6.07) is 0.625. The van der Waals surface area contributed by atoms with Crippen LogP contribution in [-0.4, -0.2) is 42.6 Å². The number of aromatic nitrogens is 1. The van der Waals surface area contributed by atoms with E-state index in [1.54, 1.807) is 11.3 Å². The van der Waals surface area contributed by atoms with Crippen molar-refractivity contribution in [3.05, 3.63) is 16.6 Å². The zero-order valence-corrected chi connectivity index (χ0v) is 8.68. The highest BCUT2D eigenvalue weighted by Gasteiger charge is 2.19. The summed E-state index contributed by atoms with van der Waals surface area (Å²) in [5.41, 5.74) is 0. The lowest BCUT2D eigenvalue weighted by Crippen LogP contribution is -2.50. The Labute approximate surface area is 82.8 Å². The molecule has 2 rings (SSSR count).